The molecule has 82 valence electrons. The molecule has 0 spiro atoms. The lowest BCUT2D eigenvalue weighted by atomic mass is 10.5. The molecule has 0 N–H and O–H groups in total. The second-order valence-corrected chi connectivity index (χ2v) is 5.65. The average Bonchev–Trinajstić information content (AvgIpc) is 2.62. The summed E-state index contributed by atoms with van der Waals surface area (Å²) in [6, 6.07) is 5.43. The Morgan fingerprint density at radius 2 is 2.20 bits per heavy atom. The highest BCUT2D eigenvalue weighted by Gasteiger charge is 2.10. The van der Waals surface area contributed by atoms with Crippen molar-refractivity contribution in [3.8, 4) is 6.07 Å². The van der Waals surface area contributed by atoms with Crippen LogP contribution in [0.1, 0.15) is 19.0 Å². The minimum absolute atomic E-state index is 0.101. The van der Waals surface area contributed by atoms with Crippen LogP contribution in [0.4, 0.5) is 0 Å². The zero-order chi connectivity index (χ0) is 11.3. The van der Waals surface area contributed by atoms with Crippen molar-refractivity contribution in [1.29, 1.82) is 5.26 Å². The largest absolute Gasteiger partial charge is 0.338 e. The van der Waals surface area contributed by atoms with Gasteiger partial charge in [0.2, 0.25) is 0 Å². The molecular formula is C10H14N2O2S. The van der Waals surface area contributed by atoms with E-state index in [9.17, 15) is 8.42 Å². The lowest BCUT2D eigenvalue weighted by molar-refractivity contribution is 0.587. The van der Waals surface area contributed by atoms with Crippen LogP contribution in [-0.2, 0) is 16.4 Å². The molecule has 0 amide bonds. The molecule has 5 heteroatoms. The van der Waals surface area contributed by atoms with Crippen molar-refractivity contribution in [2.75, 3.05) is 11.5 Å². The van der Waals surface area contributed by atoms with Crippen molar-refractivity contribution in [2.45, 2.75) is 19.9 Å². The molecule has 1 aromatic rings. The van der Waals surface area contributed by atoms with Crippen molar-refractivity contribution in [1.82, 2.24) is 4.57 Å². The Balaban J connectivity index is 2.62. The molecule has 0 radical (unpaired) electrons. The summed E-state index contributed by atoms with van der Waals surface area (Å²) in [5.41, 5.74) is 0.502. The van der Waals surface area contributed by atoms with E-state index in [1.807, 2.05) is 13.0 Å². The lowest BCUT2D eigenvalue weighted by Crippen LogP contribution is -2.16. The topological polar surface area (TPSA) is 62.9 Å². The van der Waals surface area contributed by atoms with Crippen molar-refractivity contribution in [2.24, 2.45) is 0 Å². The van der Waals surface area contributed by atoms with E-state index in [0.717, 1.165) is 0 Å². The summed E-state index contributed by atoms with van der Waals surface area (Å²) in [6.07, 6.45) is 2.36. The first-order valence-electron chi connectivity index (χ1n) is 4.84. The Bertz CT molecular complexity index is 454. The lowest BCUT2D eigenvalue weighted by Gasteiger charge is -2.05. The van der Waals surface area contributed by atoms with Crippen LogP contribution >= 0.6 is 0 Å². The van der Waals surface area contributed by atoms with Crippen LogP contribution in [0.15, 0.2) is 18.3 Å². The van der Waals surface area contributed by atoms with E-state index < -0.39 is 9.84 Å². The number of aromatic nitrogens is 1. The third-order valence-corrected chi connectivity index (χ3v) is 3.94. The highest BCUT2D eigenvalue weighted by Crippen LogP contribution is 2.02. The van der Waals surface area contributed by atoms with Crippen LogP contribution in [-0.4, -0.2) is 24.5 Å². The van der Waals surface area contributed by atoms with Gasteiger partial charge in [0, 0.05) is 18.5 Å². The zero-order valence-electron chi connectivity index (χ0n) is 8.68. The summed E-state index contributed by atoms with van der Waals surface area (Å²) in [5, 5.41) is 8.72. The quantitative estimate of drug-likeness (QED) is 0.757. The average molecular weight is 226 g/mol. The first kappa shape index (κ1) is 11.8. The fourth-order valence-corrected chi connectivity index (χ4v) is 2.66. The molecule has 0 saturated carbocycles. The first-order valence-corrected chi connectivity index (χ1v) is 6.67. The highest BCUT2D eigenvalue weighted by molar-refractivity contribution is 7.91. The van der Waals surface area contributed by atoms with Gasteiger partial charge in [-0.3, -0.25) is 0 Å². The van der Waals surface area contributed by atoms with Crippen LogP contribution in [0.3, 0.4) is 0 Å². The summed E-state index contributed by atoms with van der Waals surface area (Å²) < 4.78 is 24.5. The number of nitrogens with zero attached hydrogens (tertiary/aromatic N) is 2. The molecule has 0 unspecified atom stereocenters. The van der Waals surface area contributed by atoms with Crippen LogP contribution in [0.25, 0.3) is 0 Å². The monoisotopic (exact) mass is 226 g/mol. The van der Waals surface area contributed by atoms with Crippen LogP contribution in [0.2, 0.25) is 0 Å². The SMILES string of the molecule is CCCS(=O)(=O)CCn1cccc1C#N. The van der Waals surface area contributed by atoms with Crippen molar-refractivity contribution < 1.29 is 8.42 Å². The Labute approximate surface area is 90.1 Å². The van der Waals surface area contributed by atoms with E-state index >= 15 is 0 Å². The van der Waals surface area contributed by atoms with E-state index in [2.05, 4.69) is 0 Å². The van der Waals surface area contributed by atoms with Gasteiger partial charge in [-0.2, -0.15) is 5.26 Å². The molecule has 0 aliphatic carbocycles. The number of rotatable bonds is 5. The van der Waals surface area contributed by atoms with E-state index in [1.165, 1.54) is 0 Å². The Hall–Kier alpha value is -1.28. The van der Waals surface area contributed by atoms with Gasteiger partial charge >= 0.3 is 0 Å². The van der Waals surface area contributed by atoms with E-state index in [1.54, 1.807) is 22.9 Å². The summed E-state index contributed by atoms with van der Waals surface area (Å²) in [7, 11) is -2.96. The number of nitriles is 1. The number of sulfone groups is 1. The summed E-state index contributed by atoms with van der Waals surface area (Å²) in [5.74, 6) is 0.320. The van der Waals surface area contributed by atoms with Gasteiger partial charge in [0.15, 0.2) is 9.84 Å². The molecule has 0 aliphatic rings. The molecule has 4 nitrogen and oxygen atoms in total. The summed E-state index contributed by atoms with van der Waals surface area (Å²) >= 11 is 0. The third kappa shape index (κ3) is 3.40. The molecule has 0 aromatic carbocycles. The number of hydrogen-bond donors (Lipinski definition) is 0. The fourth-order valence-electron chi connectivity index (χ4n) is 1.36. The Morgan fingerprint density at radius 1 is 1.47 bits per heavy atom. The highest BCUT2D eigenvalue weighted by atomic mass is 32.2. The molecule has 1 rings (SSSR count). The maximum Gasteiger partial charge on any atom is 0.152 e. The van der Waals surface area contributed by atoms with Gasteiger partial charge in [-0.1, -0.05) is 6.92 Å². The molecule has 15 heavy (non-hydrogen) atoms. The maximum atomic E-state index is 11.4. The molecule has 0 saturated heterocycles. The van der Waals surface area contributed by atoms with Crippen molar-refractivity contribution >= 4 is 9.84 Å². The van der Waals surface area contributed by atoms with Gasteiger partial charge in [-0.25, -0.2) is 8.42 Å². The number of aryl methyl sites for hydroxylation is 1. The molecule has 1 heterocycles. The second-order valence-electron chi connectivity index (χ2n) is 3.35. The van der Waals surface area contributed by atoms with Gasteiger partial charge < -0.3 is 4.57 Å². The van der Waals surface area contributed by atoms with Crippen molar-refractivity contribution in [3.63, 3.8) is 0 Å². The van der Waals surface area contributed by atoms with E-state index in [0.29, 0.717) is 18.7 Å². The van der Waals surface area contributed by atoms with Crippen LogP contribution in [0, 0.1) is 11.3 Å². The normalized spacial score (nSPS) is 11.2. The van der Waals surface area contributed by atoms with Crippen molar-refractivity contribution in [3.05, 3.63) is 24.0 Å². The minimum atomic E-state index is -2.96. The Kier molecular flexibility index (Phi) is 3.92. The van der Waals surface area contributed by atoms with E-state index in [4.69, 9.17) is 5.26 Å². The van der Waals surface area contributed by atoms with Gasteiger partial charge in [-0.05, 0) is 18.6 Å². The smallest absolute Gasteiger partial charge is 0.152 e. The third-order valence-electron chi connectivity index (χ3n) is 2.10. The van der Waals surface area contributed by atoms with Crippen LogP contribution < -0.4 is 0 Å². The van der Waals surface area contributed by atoms with Gasteiger partial charge in [0.25, 0.3) is 0 Å². The summed E-state index contributed by atoms with van der Waals surface area (Å²) in [6.45, 7) is 2.20. The molecule has 0 fully saturated rings. The predicted octanol–water partition coefficient (Wildman–Crippen LogP) is 1.18. The van der Waals surface area contributed by atoms with Crippen LogP contribution in [0.5, 0.6) is 0 Å². The summed E-state index contributed by atoms with van der Waals surface area (Å²) in [4.78, 5) is 0. The molecule has 0 bridgehead atoms. The van der Waals surface area contributed by atoms with Gasteiger partial charge in [-0.15, -0.1) is 0 Å². The predicted molar refractivity (Wildman–Crippen MR) is 58.1 cm³/mol. The minimum Gasteiger partial charge on any atom is -0.338 e. The molecular weight excluding hydrogens is 212 g/mol. The second kappa shape index (κ2) is 4.99. The molecule has 0 atom stereocenters. The molecule has 1 aromatic heterocycles. The maximum absolute atomic E-state index is 11.4. The number of hydrogen-bond acceptors (Lipinski definition) is 3. The van der Waals surface area contributed by atoms with E-state index in [-0.39, 0.29) is 11.5 Å². The van der Waals surface area contributed by atoms with Gasteiger partial charge in [0.05, 0.1) is 5.75 Å². The first-order chi connectivity index (χ1) is 7.09. The zero-order valence-corrected chi connectivity index (χ0v) is 9.50. The fraction of sp³-hybridized carbons (Fsp3) is 0.500. The Morgan fingerprint density at radius 3 is 2.80 bits per heavy atom. The standard InChI is InChI=1S/C10H14N2O2S/c1-2-7-15(13,14)8-6-12-5-3-4-10(12)9-11/h3-5H,2,6-8H2,1H3. The van der Waals surface area contributed by atoms with Gasteiger partial charge in [0.1, 0.15) is 11.8 Å². The molecule has 0 aliphatic heterocycles.